The minimum atomic E-state index is -0.299. The van der Waals surface area contributed by atoms with Crippen LogP contribution in [0.1, 0.15) is 26.3 Å². The highest BCUT2D eigenvalue weighted by Crippen LogP contribution is 2.36. The number of nitrogens with one attached hydrogen (secondary N) is 1. The van der Waals surface area contributed by atoms with Gasteiger partial charge in [0.05, 0.1) is 16.8 Å². The molecule has 0 saturated heterocycles. The molecule has 3 aromatic rings. The summed E-state index contributed by atoms with van der Waals surface area (Å²) in [5.74, 6) is 1.07. The van der Waals surface area contributed by atoms with Crippen molar-refractivity contribution < 1.29 is 19.1 Å². The third kappa shape index (κ3) is 3.36. The summed E-state index contributed by atoms with van der Waals surface area (Å²) in [5.41, 5.74) is 2.38. The molecule has 1 N–H and O–H groups in total. The van der Waals surface area contributed by atoms with Gasteiger partial charge in [0.15, 0.2) is 16.7 Å². The zero-order valence-corrected chi connectivity index (χ0v) is 17.3. The lowest BCUT2D eigenvalue weighted by atomic mass is 10.1. The second-order valence-electron chi connectivity index (χ2n) is 7.07. The van der Waals surface area contributed by atoms with Crippen LogP contribution in [0.25, 0.3) is 11.3 Å². The first-order valence-electron chi connectivity index (χ1n) is 9.62. The lowest BCUT2D eigenvalue weighted by Crippen LogP contribution is -2.31. The summed E-state index contributed by atoms with van der Waals surface area (Å²) in [5, 5.41) is 0.417. The summed E-state index contributed by atoms with van der Waals surface area (Å²) in [4.78, 5) is 46.0. The number of aromatic amines is 1. The van der Waals surface area contributed by atoms with Crippen LogP contribution in [0.5, 0.6) is 11.5 Å². The molecule has 31 heavy (non-hydrogen) atoms. The number of nitrogens with zero attached hydrogens (tertiary/aromatic N) is 2. The number of carbonyl (C=O) groups excluding carboxylic acids is 2. The topological polar surface area (TPSA) is 102 Å². The summed E-state index contributed by atoms with van der Waals surface area (Å²) in [6, 6.07) is 12.2. The molecule has 1 aromatic heterocycles. The molecule has 2 amide bonds. The smallest absolute Gasteiger partial charge is 0.261 e. The van der Waals surface area contributed by atoms with Crippen molar-refractivity contribution in [3.63, 3.8) is 0 Å². The summed E-state index contributed by atoms with van der Waals surface area (Å²) in [7, 11) is 0. The number of imide groups is 1. The van der Waals surface area contributed by atoms with Gasteiger partial charge in [-0.25, -0.2) is 4.98 Å². The maximum atomic E-state index is 12.5. The fourth-order valence-electron chi connectivity index (χ4n) is 3.58. The van der Waals surface area contributed by atoms with Gasteiger partial charge in [0, 0.05) is 23.4 Å². The summed E-state index contributed by atoms with van der Waals surface area (Å²) in [6.07, 6.45) is 0. The Kier molecular flexibility index (Phi) is 4.74. The maximum absolute atomic E-state index is 12.5. The number of ether oxygens (including phenoxy) is 2. The average molecular weight is 435 g/mol. The predicted octanol–water partition coefficient (Wildman–Crippen LogP) is 2.86. The fraction of sp³-hybridized carbons (Fsp3) is 0.182. The lowest BCUT2D eigenvalue weighted by molar-refractivity contribution is 0.0664. The van der Waals surface area contributed by atoms with Crippen LogP contribution in [0.4, 0.5) is 0 Å². The first-order valence-corrected chi connectivity index (χ1v) is 10.6. The molecule has 3 heterocycles. The molecular weight excluding hydrogens is 418 g/mol. The van der Waals surface area contributed by atoms with Crippen LogP contribution in [0.3, 0.4) is 0 Å². The van der Waals surface area contributed by atoms with Gasteiger partial charge in [0.25, 0.3) is 17.4 Å². The third-order valence-electron chi connectivity index (χ3n) is 5.21. The van der Waals surface area contributed by atoms with Crippen molar-refractivity contribution in [3.8, 4) is 22.8 Å². The molecule has 5 rings (SSSR count). The molecule has 9 heteroatoms. The van der Waals surface area contributed by atoms with Crippen LogP contribution in [-0.2, 0) is 0 Å². The van der Waals surface area contributed by atoms with Crippen molar-refractivity contribution in [2.24, 2.45) is 0 Å². The van der Waals surface area contributed by atoms with Gasteiger partial charge in [-0.15, -0.1) is 0 Å². The van der Waals surface area contributed by atoms with Gasteiger partial charge >= 0.3 is 0 Å². The van der Waals surface area contributed by atoms with Crippen LogP contribution in [0, 0.1) is 6.92 Å². The first-order chi connectivity index (χ1) is 15.0. The molecule has 0 atom stereocenters. The largest absolute Gasteiger partial charge is 0.454 e. The minimum Gasteiger partial charge on any atom is -0.454 e. The highest BCUT2D eigenvalue weighted by atomic mass is 32.2. The first kappa shape index (κ1) is 19.4. The van der Waals surface area contributed by atoms with Gasteiger partial charge in [-0.3, -0.25) is 19.3 Å². The Morgan fingerprint density at radius 3 is 2.48 bits per heavy atom. The van der Waals surface area contributed by atoms with E-state index in [0.717, 1.165) is 5.56 Å². The van der Waals surface area contributed by atoms with E-state index >= 15 is 0 Å². The molecule has 2 aliphatic rings. The number of thioether (sulfide) groups is 1. The molecular formula is C22H17N3O5S. The molecule has 0 unspecified atom stereocenters. The second kappa shape index (κ2) is 7.59. The van der Waals surface area contributed by atoms with Crippen LogP contribution in [0.2, 0.25) is 0 Å². The van der Waals surface area contributed by atoms with E-state index in [4.69, 9.17) is 9.47 Å². The normalized spacial score (nSPS) is 14.3. The molecule has 0 aliphatic carbocycles. The van der Waals surface area contributed by atoms with Crippen molar-refractivity contribution in [3.05, 3.63) is 69.5 Å². The van der Waals surface area contributed by atoms with Gasteiger partial charge in [0.1, 0.15) is 0 Å². The summed E-state index contributed by atoms with van der Waals surface area (Å²) >= 11 is 1.28. The zero-order chi connectivity index (χ0) is 21.5. The van der Waals surface area contributed by atoms with Crippen molar-refractivity contribution in [2.75, 3.05) is 19.1 Å². The summed E-state index contributed by atoms with van der Waals surface area (Å²) < 4.78 is 10.8. The molecule has 2 aliphatic heterocycles. The van der Waals surface area contributed by atoms with Crippen molar-refractivity contribution in [1.82, 2.24) is 14.9 Å². The van der Waals surface area contributed by atoms with Crippen molar-refractivity contribution in [2.45, 2.75) is 12.1 Å². The molecule has 0 radical (unpaired) electrons. The van der Waals surface area contributed by atoms with E-state index in [0.29, 0.717) is 44.8 Å². The standard InChI is InChI=1S/C22H17N3O5S/c1-12-18(13-6-7-16-17(10-13)30-11-29-16)23-22(24-19(12)26)31-9-8-25-20(27)14-4-2-3-5-15(14)21(25)28/h2-7,10H,8-9,11H2,1H3,(H,23,24,26). The van der Waals surface area contributed by atoms with E-state index < -0.39 is 0 Å². The van der Waals surface area contributed by atoms with Crippen LogP contribution in [0.15, 0.2) is 52.4 Å². The molecule has 0 saturated carbocycles. The Morgan fingerprint density at radius 1 is 1.03 bits per heavy atom. The van der Waals surface area contributed by atoms with E-state index in [1.165, 1.54) is 16.7 Å². The number of H-pyrrole nitrogens is 1. The number of hydrogen-bond donors (Lipinski definition) is 1. The molecule has 0 bridgehead atoms. The average Bonchev–Trinajstić information content (AvgIpc) is 3.34. The molecule has 8 nitrogen and oxygen atoms in total. The number of benzene rings is 2. The highest BCUT2D eigenvalue weighted by Gasteiger charge is 2.34. The van der Waals surface area contributed by atoms with E-state index in [2.05, 4.69) is 9.97 Å². The minimum absolute atomic E-state index is 0.166. The number of aromatic nitrogens is 2. The summed E-state index contributed by atoms with van der Waals surface area (Å²) in [6.45, 7) is 2.09. The van der Waals surface area contributed by atoms with E-state index in [1.54, 1.807) is 43.3 Å². The van der Waals surface area contributed by atoms with Crippen LogP contribution < -0.4 is 15.0 Å². The van der Waals surface area contributed by atoms with Crippen molar-refractivity contribution >= 4 is 23.6 Å². The van der Waals surface area contributed by atoms with E-state index in [1.807, 2.05) is 6.07 Å². The number of rotatable bonds is 5. The second-order valence-corrected chi connectivity index (χ2v) is 8.15. The third-order valence-corrected chi connectivity index (χ3v) is 6.06. The van der Waals surface area contributed by atoms with Crippen LogP contribution in [-0.4, -0.2) is 45.8 Å². The maximum Gasteiger partial charge on any atom is 0.261 e. The Bertz CT molecular complexity index is 1250. The molecule has 2 aromatic carbocycles. The number of hydrogen-bond acceptors (Lipinski definition) is 7. The van der Waals surface area contributed by atoms with Gasteiger partial charge in [0.2, 0.25) is 6.79 Å². The van der Waals surface area contributed by atoms with Gasteiger partial charge in [-0.1, -0.05) is 23.9 Å². The fourth-order valence-corrected chi connectivity index (χ4v) is 4.37. The molecule has 0 fully saturated rings. The number of carbonyl (C=O) groups is 2. The number of fused-ring (bicyclic) bond motifs is 2. The zero-order valence-electron chi connectivity index (χ0n) is 16.5. The highest BCUT2D eigenvalue weighted by molar-refractivity contribution is 7.99. The monoisotopic (exact) mass is 435 g/mol. The van der Waals surface area contributed by atoms with Gasteiger partial charge < -0.3 is 14.5 Å². The molecule has 156 valence electrons. The Balaban J connectivity index is 1.34. The SMILES string of the molecule is Cc1c(-c2ccc3c(c2)OCO3)nc(SCCN2C(=O)c3ccccc3C2=O)[nH]c1=O. The Labute approximate surface area is 181 Å². The van der Waals surface area contributed by atoms with Crippen molar-refractivity contribution in [1.29, 1.82) is 0 Å². The molecule has 0 spiro atoms. The van der Waals surface area contributed by atoms with E-state index in [9.17, 15) is 14.4 Å². The van der Waals surface area contributed by atoms with Crippen LogP contribution >= 0.6 is 11.8 Å². The predicted molar refractivity (Wildman–Crippen MR) is 114 cm³/mol. The quantitative estimate of drug-likeness (QED) is 0.374. The van der Waals surface area contributed by atoms with E-state index in [-0.39, 0.29) is 30.7 Å². The Hall–Kier alpha value is -3.59. The number of amides is 2. The Morgan fingerprint density at radius 2 is 1.74 bits per heavy atom. The van der Waals surface area contributed by atoms with Gasteiger partial charge in [-0.05, 0) is 37.3 Å². The van der Waals surface area contributed by atoms with Gasteiger partial charge in [-0.2, -0.15) is 0 Å². The lowest BCUT2D eigenvalue weighted by Gasteiger charge is -2.13.